The van der Waals surface area contributed by atoms with E-state index >= 15 is 0 Å². The number of benzene rings is 1. The Balaban J connectivity index is 1.88. The molecule has 1 aromatic rings. The largest absolute Gasteiger partial charge is 0.350 e. The van der Waals surface area contributed by atoms with Gasteiger partial charge in [0.05, 0.1) is 17.7 Å². The molecule has 0 aromatic heterocycles. The smallest absolute Gasteiger partial charge is 0.159 e. The summed E-state index contributed by atoms with van der Waals surface area (Å²) in [7, 11) is 0. The molecule has 2 N–H and O–H groups in total. The number of nitrogens with two attached hydrogens (primary N) is 1. The van der Waals surface area contributed by atoms with Crippen LogP contribution in [0.25, 0.3) is 0 Å². The van der Waals surface area contributed by atoms with Crippen molar-refractivity contribution in [2.24, 2.45) is 5.73 Å². The van der Waals surface area contributed by atoms with Crippen LogP contribution in [0.2, 0.25) is 0 Å². The van der Waals surface area contributed by atoms with Crippen LogP contribution in [-0.2, 0) is 15.9 Å². The van der Waals surface area contributed by atoms with E-state index in [0.29, 0.717) is 30.5 Å². The molecule has 0 spiro atoms. The van der Waals surface area contributed by atoms with Crippen LogP contribution in [-0.4, -0.2) is 25.5 Å². The second-order valence-corrected chi connectivity index (χ2v) is 4.97. The van der Waals surface area contributed by atoms with E-state index in [9.17, 15) is 4.39 Å². The number of rotatable bonds is 4. The normalized spacial score (nSPS) is 18.5. The first-order valence-corrected chi connectivity index (χ1v) is 6.37. The van der Waals surface area contributed by atoms with Crippen LogP contribution in [0.15, 0.2) is 22.7 Å². The average Bonchev–Trinajstić information content (AvgIpc) is 2.76. The molecule has 1 fully saturated rings. The second-order valence-electron chi connectivity index (χ2n) is 4.12. The van der Waals surface area contributed by atoms with Gasteiger partial charge in [-0.2, -0.15) is 0 Å². The van der Waals surface area contributed by atoms with Crippen molar-refractivity contribution in [2.75, 3.05) is 13.2 Å². The van der Waals surface area contributed by atoms with Crippen molar-refractivity contribution in [3.63, 3.8) is 0 Å². The summed E-state index contributed by atoms with van der Waals surface area (Å²) in [6.45, 7) is 1.28. The van der Waals surface area contributed by atoms with E-state index in [2.05, 4.69) is 15.9 Å². The maximum Gasteiger partial charge on any atom is 0.159 e. The Morgan fingerprint density at radius 3 is 2.76 bits per heavy atom. The molecule has 1 heterocycles. The molecule has 94 valence electrons. The highest BCUT2D eigenvalue weighted by atomic mass is 79.9. The molecule has 17 heavy (non-hydrogen) atoms. The fourth-order valence-corrected chi connectivity index (χ4v) is 2.27. The minimum Gasteiger partial charge on any atom is -0.350 e. The lowest BCUT2D eigenvalue weighted by Crippen LogP contribution is -2.28. The molecule has 1 saturated heterocycles. The van der Waals surface area contributed by atoms with Gasteiger partial charge in [0, 0.05) is 12.5 Å². The molecular formula is C12H15BrFNO2. The van der Waals surface area contributed by atoms with Crippen LogP contribution in [0.5, 0.6) is 0 Å². The highest BCUT2D eigenvalue weighted by Crippen LogP contribution is 2.19. The predicted molar refractivity (Wildman–Crippen MR) is 66.1 cm³/mol. The molecule has 0 bridgehead atoms. The van der Waals surface area contributed by atoms with E-state index in [1.165, 1.54) is 6.07 Å². The van der Waals surface area contributed by atoms with Crippen LogP contribution < -0.4 is 5.73 Å². The monoisotopic (exact) mass is 303 g/mol. The van der Waals surface area contributed by atoms with E-state index in [0.717, 1.165) is 5.56 Å². The Labute approximate surface area is 108 Å². The molecule has 1 aliphatic heterocycles. The van der Waals surface area contributed by atoms with Crippen molar-refractivity contribution in [1.29, 1.82) is 0 Å². The van der Waals surface area contributed by atoms with Crippen molar-refractivity contribution in [3.8, 4) is 0 Å². The van der Waals surface area contributed by atoms with E-state index in [-0.39, 0.29) is 18.1 Å². The summed E-state index contributed by atoms with van der Waals surface area (Å²) < 4.78 is 24.2. The minimum atomic E-state index is -0.259. The SMILES string of the molecule is NC(Cc1ccc(F)c(Br)c1)CC1OCCO1. The van der Waals surface area contributed by atoms with Gasteiger partial charge in [-0.25, -0.2) is 4.39 Å². The molecule has 2 rings (SSSR count). The van der Waals surface area contributed by atoms with Crippen molar-refractivity contribution < 1.29 is 13.9 Å². The number of halogens is 2. The fourth-order valence-electron chi connectivity index (χ4n) is 1.84. The number of ether oxygens (including phenoxy) is 2. The summed E-state index contributed by atoms with van der Waals surface area (Å²) in [5.74, 6) is -0.259. The molecule has 1 aromatic carbocycles. The van der Waals surface area contributed by atoms with E-state index in [1.54, 1.807) is 12.1 Å². The summed E-state index contributed by atoms with van der Waals surface area (Å²) in [4.78, 5) is 0. The van der Waals surface area contributed by atoms with Gasteiger partial charge >= 0.3 is 0 Å². The summed E-state index contributed by atoms with van der Waals surface area (Å²) in [6.07, 6.45) is 1.16. The molecular weight excluding hydrogens is 289 g/mol. The molecule has 0 amide bonds. The van der Waals surface area contributed by atoms with Crippen LogP contribution in [0, 0.1) is 5.82 Å². The Morgan fingerprint density at radius 1 is 1.41 bits per heavy atom. The molecule has 3 nitrogen and oxygen atoms in total. The highest BCUT2D eigenvalue weighted by Gasteiger charge is 2.19. The Morgan fingerprint density at radius 2 is 2.12 bits per heavy atom. The zero-order valence-corrected chi connectivity index (χ0v) is 11.0. The topological polar surface area (TPSA) is 44.5 Å². The third kappa shape index (κ3) is 3.74. The average molecular weight is 304 g/mol. The number of hydrogen-bond donors (Lipinski definition) is 1. The first-order valence-electron chi connectivity index (χ1n) is 5.58. The van der Waals surface area contributed by atoms with Gasteiger partial charge in [0.2, 0.25) is 0 Å². The van der Waals surface area contributed by atoms with Gasteiger partial charge in [0.15, 0.2) is 6.29 Å². The van der Waals surface area contributed by atoms with Gasteiger partial charge < -0.3 is 15.2 Å². The molecule has 1 atom stereocenters. The molecule has 0 aliphatic carbocycles. The molecule has 0 radical (unpaired) electrons. The van der Waals surface area contributed by atoms with E-state index in [1.807, 2.05) is 0 Å². The van der Waals surface area contributed by atoms with Gasteiger partial charge in [0.25, 0.3) is 0 Å². The van der Waals surface area contributed by atoms with Crippen LogP contribution in [0.3, 0.4) is 0 Å². The Bertz CT molecular complexity index is 383. The molecule has 5 heteroatoms. The van der Waals surface area contributed by atoms with Crippen molar-refractivity contribution >= 4 is 15.9 Å². The van der Waals surface area contributed by atoms with E-state index < -0.39 is 0 Å². The summed E-state index contributed by atoms with van der Waals surface area (Å²) >= 11 is 3.16. The van der Waals surface area contributed by atoms with Gasteiger partial charge in [-0.15, -0.1) is 0 Å². The van der Waals surface area contributed by atoms with Gasteiger partial charge in [-0.05, 0) is 40.0 Å². The van der Waals surface area contributed by atoms with Crippen molar-refractivity contribution in [1.82, 2.24) is 0 Å². The summed E-state index contributed by atoms with van der Waals surface area (Å²) in [6, 6.07) is 4.90. The zero-order chi connectivity index (χ0) is 12.3. The quantitative estimate of drug-likeness (QED) is 0.927. The zero-order valence-electron chi connectivity index (χ0n) is 9.36. The van der Waals surface area contributed by atoms with Crippen molar-refractivity contribution in [3.05, 3.63) is 34.1 Å². The lowest BCUT2D eigenvalue weighted by Gasteiger charge is -2.15. The highest BCUT2D eigenvalue weighted by molar-refractivity contribution is 9.10. The summed E-state index contributed by atoms with van der Waals surface area (Å²) in [5.41, 5.74) is 7.01. The molecule has 1 aliphatic rings. The van der Waals surface area contributed by atoms with Crippen LogP contribution in [0.4, 0.5) is 4.39 Å². The van der Waals surface area contributed by atoms with E-state index in [4.69, 9.17) is 15.2 Å². The first kappa shape index (κ1) is 13.0. The second kappa shape index (κ2) is 5.91. The maximum absolute atomic E-state index is 13.0. The third-order valence-corrected chi connectivity index (χ3v) is 3.28. The lowest BCUT2D eigenvalue weighted by molar-refractivity contribution is -0.0504. The van der Waals surface area contributed by atoms with Crippen LogP contribution >= 0.6 is 15.9 Å². The predicted octanol–water partition coefficient (Wildman–Crippen LogP) is 2.22. The third-order valence-electron chi connectivity index (χ3n) is 2.67. The van der Waals surface area contributed by atoms with Crippen LogP contribution in [0.1, 0.15) is 12.0 Å². The van der Waals surface area contributed by atoms with Gasteiger partial charge in [-0.1, -0.05) is 6.07 Å². The lowest BCUT2D eigenvalue weighted by atomic mass is 10.0. The standard InChI is InChI=1S/C12H15BrFNO2/c13-10-6-8(1-2-11(10)14)5-9(15)7-12-16-3-4-17-12/h1-2,6,9,12H,3-5,7,15H2. The minimum absolute atomic E-state index is 0.0459. The van der Waals surface area contributed by atoms with Crippen molar-refractivity contribution in [2.45, 2.75) is 25.2 Å². The molecule has 1 unspecified atom stereocenters. The fraction of sp³-hybridized carbons (Fsp3) is 0.500. The molecule has 0 saturated carbocycles. The maximum atomic E-state index is 13.0. The first-order chi connectivity index (χ1) is 8.15. The number of hydrogen-bond acceptors (Lipinski definition) is 3. The van der Waals surface area contributed by atoms with Gasteiger partial charge in [-0.3, -0.25) is 0 Å². The van der Waals surface area contributed by atoms with Gasteiger partial charge in [0.1, 0.15) is 5.82 Å². The Hall–Kier alpha value is -0.490. The summed E-state index contributed by atoms with van der Waals surface area (Å²) in [5, 5.41) is 0. The Kier molecular flexibility index (Phi) is 4.50.